The summed E-state index contributed by atoms with van der Waals surface area (Å²) < 4.78 is 2.26. The van der Waals surface area contributed by atoms with E-state index in [1.165, 1.54) is 16.7 Å². The number of nitrogens with zero attached hydrogens (tertiary/aromatic N) is 1. The van der Waals surface area contributed by atoms with Crippen LogP contribution in [0, 0.1) is 6.92 Å². The molecule has 2 aromatic carbocycles. The lowest BCUT2D eigenvalue weighted by molar-refractivity contribution is -0.704. The van der Waals surface area contributed by atoms with Crippen molar-refractivity contribution in [3.63, 3.8) is 0 Å². The molecule has 0 saturated carbocycles. The van der Waals surface area contributed by atoms with Crippen molar-refractivity contribution < 1.29 is 21.5 Å². The van der Waals surface area contributed by atoms with Crippen molar-refractivity contribution in [2.24, 2.45) is 0 Å². The molecule has 0 radical (unpaired) electrons. The maximum absolute atomic E-state index is 2.26. The van der Waals surface area contributed by atoms with E-state index in [1.807, 2.05) is 0 Å². The second-order valence-electron chi connectivity index (χ2n) is 5.05. The monoisotopic (exact) mass is 339 g/mol. The molecule has 3 rings (SSSR count). The predicted octanol–water partition coefficient (Wildman–Crippen LogP) is 0.924. The van der Waals surface area contributed by atoms with Gasteiger partial charge in [-0.05, 0) is 12.5 Å². The van der Waals surface area contributed by atoms with Crippen LogP contribution in [0.2, 0.25) is 0 Å². The van der Waals surface area contributed by atoms with E-state index in [0.717, 1.165) is 0 Å². The number of aromatic nitrogens is 1. The van der Waals surface area contributed by atoms with Crippen LogP contribution < -0.4 is 21.5 Å². The molecule has 1 nitrogen and oxygen atoms in total. The third-order valence-electron chi connectivity index (χ3n) is 3.55. The minimum Gasteiger partial charge on any atom is -1.00 e. The highest BCUT2D eigenvalue weighted by Gasteiger charge is 2.22. The van der Waals surface area contributed by atoms with Crippen molar-refractivity contribution in [2.45, 2.75) is 13.0 Å². The van der Waals surface area contributed by atoms with Gasteiger partial charge in [-0.2, -0.15) is 4.57 Å². The first-order valence-electron chi connectivity index (χ1n) is 6.92. The summed E-state index contributed by atoms with van der Waals surface area (Å²) in [6, 6.07) is 25.8. The molecule has 0 aliphatic carbocycles. The highest BCUT2D eigenvalue weighted by atomic mass is 79.9. The number of rotatable bonds is 3. The van der Waals surface area contributed by atoms with Gasteiger partial charge in [0.05, 0.1) is 0 Å². The quantitative estimate of drug-likeness (QED) is 0.625. The van der Waals surface area contributed by atoms with Gasteiger partial charge >= 0.3 is 0 Å². The normalized spacial score (nSPS) is 10.2. The zero-order chi connectivity index (χ0) is 13.8. The third-order valence-corrected chi connectivity index (χ3v) is 3.55. The van der Waals surface area contributed by atoms with Gasteiger partial charge in [0.2, 0.25) is 6.04 Å². The molecule has 0 spiro atoms. The van der Waals surface area contributed by atoms with E-state index in [0.29, 0.717) is 0 Å². The van der Waals surface area contributed by atoms with Crippen molar-refractivity contribution in [3.05, 3.63) is 102 Å². The van der Waals surface area contributed by atoms with Crippen molar-refractivity contribution in [2.75, 3.05) is 0 Å². The Morgan fingerprint density at radius 1 is 0.667 bits per heavy atom. The van der Waals surface area contributed by atoms with Crippen LogP contribution in [0.3, 0.4) is 0 Å². The second kappa shape index (κ2) is 7.19. The molecule has 0 unspecified atom stereocenters. The molecule has 0 bridgehead atoms. The van der Waals surface area contributed by atoms with Gasteiger partial charge < -0.3 is 17.0 Å². The Morgan fingerprint density at radius 2 is 1.10 bits per heavy atom. The summed E-state index contributed by atoms with van der Waals surface area (Å²) in [4.78, 5) is 0. The van der Waals surface area contributed by atoms with Crippen molar-refractivity contribution in [3.8, 4) is 0 Å². The van der Waals surface area contributed by atoms with Crippen LogP contribution in [0.15, 0.2) is 85.2 Å². The summed E-state index contributed by atoms with van der Waals surface area (Å²) in [5.74, 6) is 0. The van der Waals surface area contributed by atoms with Crippen LogP contribution in [0.1, 0.15) is 22.7 Å². The minimum atomic E-state index is 0. The van der Waals surface area contributed by atoms with Crippen LogP contribution in [0.25, 0.3) is 0 Å². The van der Waals surface area contributed by atoms with E-state index in [1.54, 1.807) is 0 Å². The number of hydrogen-bond acceptors (Lipinski definition) is 0. The van der Waals surface area contributed by atoms with E-state index < -0.39 is 0 Å². The molecule has 0 saturated heterocycles. The van der Waals surface area contributed by atoms with Gasteiger partial charge in [0, 0.05) is 23.3 Å². The molecule has 0 atom stereocenters. The summed E-state index contributed by atoms with van der Waals surface area (Å²) in [7, 11) is 0. The average Bonchev–Trinajstić information content (AvgIpc) is 2.52. The molecule has 0 N–H and O–H groups in total. The topological polar surface area (TPSA) is 3.88 Å². The van der Waals surface area contributed by atoms with E-state index in [4.69, 9.17) is 0 Å². The Morgan fingerprint density at radius 3 is 1.52 bits per heavy atom. The Labute approximate surface area is 136 Å². The molecule has 1 heterocycles. The van der Waals surface area contributed by atoms with E-state index >= 15 is 0 Å². The Balaban J connectivity index is 0.00000161. The molecule has 1 aromatic heterocycles. The maximum Gasteiger partial charge on any atom is 0.208 e. The van der Waals surface area contributed by atoms with E-state index in [2.05, 4.69) is 96.7 Å². The molecule has 3 aromatic rings. The Kier molecular flexibility index (Phi) is 5.29. The number of hydrogen-bond donors (Lipinski definition) is 0. The number of pyridine rings is 1. The highest BCUT2D eigenvalue weighted by Crippen LogP contribution is 2.21. The van der Waals surface area contributed by atoms with Crippen LogP contribution in [-0.4, -0.2) is 0 Å². The fourth-order valence-corrected chi connectivity index (χ4v) is 2.49. The lowest BCUT2D eigenvalue weighted by Crippen LogP contribution is -3.00. The van der Waals surface area contributed by atoms with E-state index in [9.17, 15) is 0 Å². The zero-order valence-corrected chi connectivity index (χ0v) is 13.6. The summed E-state index contributed by atoms with van der Waals surface area (Å²) >= 11 is 0. The lowest BCUT2D eigenvalue weighted by atomic mass is 9.98. The smallest absolute Gasteiger partial charge is 0.208 e. The first kappa shape index (κ1) is 15.5. The standard InChI is InChI=1S/C19H18N.BrH/c1-16-12-14-20(15-13-16)19(17-8-4-2-5-9-17)18-10-6-3-7-11-18;/h2-15,19H,1H3;1H/q+1;/p-1. The summed E-state index contributed by atoms with van der Waals surface area (Å²) in [6.07, 6.45) is 4.31. The predicted molar refractivity (Wildman–Crippen MR) is 81.5 cm³/mol. The molecule has 0 aliphatic heterocycles. The fraction of sp³-hybridized carbons (Fsp3) is 0.105. The highest BCUT2D eigenvalue weighted by molar-refractivity contribution is 5.29. The largest absolute Gasteiger partial charge is 1.00 e. The summed E-state index contributed by atoms with van der Waals surface area (Å²) in [5.41, 5.74) is 3.88. The van der Waals surface area contributed by atoms with Crippen LogP contribution in [-0.2, 0) is 0 Å². The number of benzene rings is 2. The Hall–Kier alpha value is -1.93. The van der Waals surface area contributed by atoms with Gasteiger partial charge in [-0.25, -0.2) is 0 Å². The summed E-state index contributed by atoms with van der Waals surface area (Å²) in [5, 5.41) is 0. The molecule has 0 amide bonds. The zero-order valence-electron chi connectivity index (χ0n) is 12.0. The second-order valence-corrected chi connectivity index (χ2v) is 5.05. The molecular weight excluding hydrogens is 322 g/mol. The van der Waals surface area contributed by atoms with Gasteiger partial charge in [-0.15, -0.1) is 0 Å². The summed E-state index contributed by atoms with van der Waals surface area (Å²) in [6.45, 7) is 2.12. The first-order valence-corrected chi connectivity index (χ1v) is 6.92. The van der Waals surface area contributed by atoms with Crippen LogP contribution >= 0.6 is 0 Å². The third kappa shape index (κ3) is 3.59. The molecule has 21 heavy (non-hydrogen) atoms. The van der Waals surface area contributed by atoms with Gasteiger partial charge in [0.1, 0.15) is 0 Å². The SMILES string of the molecule is Cc1cc[n+](C(c2ccccc2)c2ccccc2)cc1.[Br-]. The van der Waals surface area contributed by atoms with Gasteiger partial charge in [0.15, 0.2) is 12.4 Å². The van der Waals surface area contributed by atoms with Crippen molar-refractivity contribution in [1.82, 2.24) is 0 Å². The van der Waals surface area contributed by atoms with E-state index in [-0.39, 0.29) is 23.0 Å². The average molecular weight is 340 g/mol. The Bertz CT molecular complexity index is 623. The van der Waals surface area contributed by atoms with Gasteiger partial charge in [0.25, 0.3) is 0 Å². The molecular formula is C19H18BrN. The van der Waals surface area contributed by atoms with Gasteiger partial charge in [-0.3, -0.25) is 0 Å². The molecule has 0 fully saturated rings. The van der Waals surface area contributed by atoms with Crippen LogP contribution in [0.5, 0.6) is 0 Å². The van der Waals surface area contributed by atoms with Crippen LogP contribution in [0.4, 0.5) is 0 Å². The number of aryl methyl sites for hydroxylation is 1. The lowest BCUT2D eigenvalue weighted by Gasteiger charge is -2.13. The fourth-order valence-electron chi connectivity index (χ4n) is 2.49. The molecule has 0 aliphatic rings. The minimum absolute atomic E-state index is 0. The number of halogens is 1. The molecule has 2 heteroatoms. The maximum atomic E-state index is 2.26. The van der Waals surface area contributed by atoms with Gasteiger partial charge in [-0.1, -0.05) is 60.7 Å². The first-order chi connectivity index (χ1) is 9.84. The molecule has 106 valence electrons. The van der Waals surface area contributed by atoms with Crippen molar-refractivity contribution >= 4 is 0 Å². The van der Waals surface area contributed by atoms with Crippen molar-refractivity contribution in [1.29, 1.82) is 0 Å².